The Labute approximate surface area is 105 Å². The molecule has 3 N–H and O–H groups in total. The van der Waals surface area contributed by atoms with Crippen molar-refractivity contribution in [3.63, 3.8) is 0 Å². The molecule has 0 heterocycles. The second kappa shape index (κ2) is 8.48. The smallest absolute Gasteiger partial charge is 0.234 e. The van der Waals surface area contributed by atoms with E-state index in [2.05, 4.69) is 31.4 Å². The van der Waals surface area contributed by atoms with Crippen LogP contribution in [-0.2, 0) is 4.79 Å². The van der Waals surface area contributed by atoms with Gasteiger partial charge in [-0.15, -0.1) is 0 Å². The summed E-state index contributed by atoms with van der Waals surface area (Å²) in [6.07, 6.45) is 2.84. The van der Waals surface area contributed by atoms with Crippen LogP contribution in [0.2, 0.25) is 0 Å². The summed E-state index contributed by atoms with van der Waals surface area (Å²) < 4.78 is 0. The van der Waals surface area contributed by atoms with E-state index in [1.165, 1.54) is 0 Å². The van der Waals surface area contributed by atoms with Crippen molar-refractivity contribution in [3.8, 4) is 0 Å². The van der Waals surface area contributed by atoms with E-state index in [1.807, 2.05) is 6.92 Å². The Hall–Kier alpha value is -0.610. The first-order chi connectivity index (χ1) is 7.91. The van der Waals surface area contributed by atoms with Gasteiger partial charge in [-0.25, -0.2) is 0 Å². The number of nitrogens with one attached hydrogen (secondary N) is 2. The van der Waals surface area contributed by atoms with Crippen molar-refractivity contribution in [1.29, 1.82) is 0 Å². The maximum absolute atomic E-state index is 11.5. The second-order valence-electron chi connectivity index (χ2n) is 5.50. The first-order valence-electron chi connectivity index (χ1n) is 6.52. The minimum atomic E-state index is 0.0318. The average Bonchev–Trinajstić information content (AvgIpc) is 2.16. The van der Waals surface area contributed by atoms with E-state index in [9.17, 15) is 4.79 Å². The molecule has 0 aromatic carbocycles. The van der Waals surface area contributed by atoms with Gasteiger partial charge >= 0.3 is 0 Å². The predicted molar refractivity (Wildman–Crippen MR) is 70.9 cm³/mol. The first-order valence-corrected chi connectivity index (χ1v) is 6.52. The lowest BCUT2D eigenvalue weighted by Gasteiger charge is -2.24. The van der Waals surface area contributed by atoms with Crippen LogP contribution >= 0.6 is 0 Å². The van der Waals surface area contributed by atoms with Gasteiger partial charge in [-0.2, -0.15) is 0 Å². The highest BCUT2D eigenvalue weighted by Gasteiger charge is 2.17. The second-order valence-corrected chi connectivity index (χ2v) is 5.50. The maximum Gasteiger partial charge on any atom is 0.234 e. The molecule has 0 aliphatic rings. The molecule has 0 radical (unpaired) electrons. The fourth-order valence-corrected chi connectivity index (χ4v) is 1.74. The van der Waals surface area contributed by atoms with E-state index in [-0.39, 0.29) is 24.0 Å². The van der Waals surface area contributed by atoms with Gasteiger partial charge in [0.2, 0.25) is 5.91 Å². The van der Waals surface area contributed by atoms with Crippen LogP contribution in [0.5, 0.6) is 0 Å². The van der Waals surface area contributed by atoms with Gasteiger partial charge in [-0.05, 0) is 25.2 Å². The summed E-state index contributed by atoms with van der Waals surface area (Å²) in [5.41, 5.74) is 0.0318. The van der Waals surface area contributed by atoms with E-state index in [0.29, 0.717) is 6.54 Å². The molecule has 0 saturated carbocycles. The van der Waals surface area contributed by atoms with Gasteiger partial charge in [0.05, 0.1) is 6.54 Å². The van der Waals surface area contributed by atoms with Crippen LogP contribution in [0.15, 0.2) is 0 Å². The molecule has 4 heteroatoms. The molecule has 0 bridgehead atoms. The van der Waals surface area contributed by atoms with Gasteiger partial charge in [0.15, 0.2) is 0 Å². The highest BCUT2D eigenvalue weighted by atomic mass is 16.3. The Balaban J connectivity index is 3.70. The van der Waals surface area contributed by atoms with Crippen molar-refractivity contribution in [2.24, 2.45) is 5.41 Å². The highest BCUT2D eigenvalue weighted by molar-refractivity contribution is 5.78. The topological polar surface area (TPSA) is 61.4 Å². The Morgan fingerprint density at radius 3 is 2.59 bits per heavy atom. The maximum atomic E-state index is 11.5. The van der Waals surface area contributed by atoms with E-state index < -0.39 is 0 Å². The lowest BCUT2D eigenvalue weighted by Crippen LogP contribution is -2.41. The molecule has 1 unspecified atom stereocenters. The number of hydrogen-bond acceptors (Lipinski definition) is 3. The fourth-order valence-electron chi connectivity index (χ4n) is 1.74. The van der Waals surface area contributed by atoms with Crippen LogP contribution in [0.1, 0.15) is 47.0 Å². The molecule has 0 aromatic rings. The molecule has 1 atom stereocenters. The molecule has 17 heavy (non-hydrogen) atoms. The van der Waals surface area contributed by atoms with Crippen LogP contribution in [0.3, 0.4) is 0 Å². The summed E-state index contributed by atoms with van der Waals surface area (Å²) in [6.45, 7) is 9.57. The highest BCUT2D eigenvalue weighted by Crippen LogP contribution is 2.17. The standard InChI is InChI=1S/C13H28N2O2/c1-5-6-11(2)15-12(17)9-14-10-13(3,4)7-8-16/h11,14,16H,5-10H2,1-4H3,(H,15,17). The zero-order valence-corrected chi connectivity index (χ0v) is 11.7. The zero-order valence-electron chi connectivity index (χ0n) is 11.7. The van der Waals surface area contributed by atoms with Crippen molar-refractivity contribution in [2.75, 3.05) is 19.7 Å². The first kappa shape index (κ1) is 16.4. The van der Waals surface area contributed by atoms with E-state index in [1.54, 1.807) is 0 Å². The summed E-state index contributed by atoms with van der Waals surface area (Å²) >= 11 is 0. The molecule has 0 aromatic heterocycles. The lowest BCUT2D eigenvalue weighted by atomic mass is 9.90. The number of carbonyl (C=O) groups excluding carboxylic acids is 1. The third-order valence-electron chi connectivity index (χ3n) is 2.81. The van der Waals surface area contributed by atoms with Crippen LogP contribution in [-0.4, -0.2) is 36.8 Å². The van der Waals surface area contributed by atoms with E-state index in [4.69, 9.17) is 5.11 Å². The largest absolute Gasteiger partial charge is 0.396 e. The van der Waals surface area contributed by atoms with Crippen molar-refractivity contribution < 1.29 is 9.90 Å². The minimum Gasteiger partial charge on any atom is -0.396 e. The molecule has 1 amide bonds. The number of carbonyl (C=O) groups is 1. The molecule has 0 spiro atoms. The summed E-state index contributed by atoms with van der Waals surface area (Å²) in [5, 5.41) is 15.0. The van der Waals surface area contributed by atoms with E-state index >= 15 is 0 Å². The summed E-state index contributed by atoms with van der Waals surface area (Å²) in [7, 11) is 0. The number of aliphatic hydroxyl groups is 1. The molecular weight excluding hydrogens is 216 g/mol. The van der Waals surface area contributed by atoms with E-state index in [0.717, 1.165) is 25.8 Å². The van der Waals surface area contributed by atoms with Crippen molar-refractivity contribution in [3.05, 3.63) is 0 Å². The van der Waals surface area contributed by atoms with Gasteiger partial charge in [-0.1, -0.05) is 27.2 Å². The monoisotopic (exact) mass is 244 g/mol. The molecular formula is C13H28N2O2. The van der Waals surface area contributed by atoms with Gasteiger partial charge in [0.25, 0.3) is 0 Å². The molecule has 0 aliphatic heterocycles. The normalized spacial score (nSPS) is 13.5. The third-order valence-corrected chi connectivity index (χ3v) is 2.81. The van der Waals surface area contributed by atoms with Crippen LogP contribution in [0, 0.1) is 5.41 Å². The summed E-state index contributed by atoms with van der Waals surface area (Å²) in [4.78, 5) is 11.5. The Morgan fingerprint density at radius 1 is 1.41 bits per heavy atom. The SMILES string of the molecule is CCCC(C)NC(=O)CNCC(C)(C)CCO. The minimum absolute atomic E-state index is 0.0318. The lowest BCUT2D eigenvalue weighted by molar-refractivity contribution is -0.120. The molecule has 0 aliphatic carbocycles. The van der Waals surface area contributed by atoms with Gasteiger partial charge in [0.1, 0.15) is 0 Å². The van der Waals surface area contributed by atoms with Crippen LogP contribution in [0.4, 0.5) is 0 Å². The molecule has 0 saturated heterocycles. The zero-order chi connectivity index (χ0) is 13.3. The molecule has 0 fully saturated rings. The quantitative estimate of drug-likeness (QED) is 0.573. The number of rotatable bonds is 9. The van der Waals surface area contributed by atoms with Crippen molar-refractivity contribution >= 4 is 5.91 Å². The molecule has 0 rings (SSSR count). The Morgan fingerprint density at radius 2 is 2.06 bits per heavy atom. The van der Waals surface area contributed by atoms with Gasteiger partial charge < -0.3 is 15.7 Å². The van der Waals surface area contributed by atoms with Gasteiger partial charge in [0, 0.05) is 19.2 Å². The number of amides is 1. The summed E-state index contributed by atoms with van der Waals surface area (Å²) in [5.74, 6) is 0.0470. The van der Waals surface area contributed by atoms with Crippen LogP contribution < -0.4 is 10.6 Å². The molecule has 4 nitrogen and oxygen atoms in total. The molecule has 102 valence electrons. The number of hydrogen-bond donors (Lipinski definition) is 3. The third kappa shape index (κ3) is 9.12. The fraction of sp³-hybridized carbons (Fsp3) is 0.923. The van der Waals surface area contributed by atoms with Gasteiger partial charge in [-0.3, -0.25) is 4.79 Å². The Kier molecular flexibility index (Phi) is 8.17. The van der Waals surface area contributed by atoms with Crippen molar-refractivity contribution in [1.82, 2.24) is 10.6 Å². The van der Waals surface area contributed by atoms with Crippen molar-refractivity contribution in [2.45, 2.75) is 53.0 Å². The predicted octanol–water partition coefficient (Wildman–Crippen LogP) is 1.29. The summed E-state index contributed by atoms with van der Waals surface area (Å²) in [6, 6.07) is 0.250. The Bertz CT molecular complexity index is 217. The number of aliphatic hydroxyl groups excluding tert-OH is 1. The van der Waals surface area contributed by atoms with Crippen LogP contribution in [0.25, 0.3) is 0 Å². The average molecular weight is 244 g/mol.